The van der Waals surface area contributed by atoms with Crippen LogP contribution in [0, 0.1) is 5.41 Å². The van der Waals surface area contributed by atoms with Crippen molar-refractivity contribution in [2.75, 3.05) is 19.0 Å². The number of fused-ring (bicyclic) bond motifs is 1. The Morgan fingerprint density at radius 1 is 1.41 bits per heavy atom. The van der Waals surface area contributed by atoms with Crippen LogP contribution in [0.15, 0.2) is 29.4 Å². The molecule has 2 unspecified atom stereocenters. The summed E-state index contributed by atoms with van der Waals surface area (Å²) in [6.45, 7) is 6.50. The molecular formula is C20H28N6O3. The van der Waals surface area contributed by atoms with Crippen molar-refractivity contribution < 1.29 is 14.6 Å². The fourth-order valence-corrected chi connectivity index (χ4v) is 3.92. The largest absolute Gasteiger partial charge is 0.496 e. The van der Waals surface area contributed by atoms with Gasteiger partial charge in [-0.25, -0.2) is 9.78 Å². The van der Waals surface area contributed by atoms with Gasteiger partial charge in [0, 0.05) is 18.6 Å². The van der Waals surface area contributed by atoms with E-state index in [-0.39, 0.29) is 23.3 Å². The molecule has 0 aliphatic carbocycles. The number of likely N-dealkylation sites (tertiary alicyclic amines) is 1. The molecule has 6 N–H and O–H groups in total. The smallest absolute Gasteiger partial charge is 0.407 e. The number of pyridine rings is 1. The normalized spacial score (nSPS) is 20.1. The first-order chi connectivity index (χ1) is 13.7. The van der Waals surface area contributed by atoms with Crippen molar-refractivity contribution in [3.63, 3.8) is 0 Å². The molecule has 0 saturated carbocycles. The van der Waals surface area contributed by atoms with Gasteiger partial charge in [-0.15, -0.1) is 0 Å². The zero-order chi connectivity index (χ0) is 21.3. The molecule has 29 heavy (non-hydrogen) atoms. The summed E-state index contributed by atoms with van der Waals surface area (Å²) in [5, 5.41) is 18.3. The van der Waals surface area contributed by atoms with E-state index in [0.29, 0.717) is 30.2 Å². The first-order valence-corrected chi connectivity index (χ1v) is 9.43. The van der Waals surface area contributed by atoms with Gasteiger partial charge in [0.2, 0.25) is 0 Å². The first-order valence-electron chi connectivity index (χ1n) is 9.43. The van der Waals surface area contributed by atoms with Crippen LogP contribution in [-0.2, 0) is 0 Å². The highest BCUT2D eigenvalue weighted by Crippen LogP contribution is 2.36. The molecule has 156 valence electrons. The van der Waals surface area contributed by atoms with Gasteiger partial charge in [0.25, 0.3) is 0 Å². The van der Waals surface area contributed by atoms with E-state index in [4.69, 9.17) is 16.3 Å². The van der Waals surface area contributed by atoms with Crippen LogP contribution in [0.3, 0.4) is 0 Å². The number of nitrogens with zero attached hydrogens (tertiary/aromatic N) is 3. The van der Waals surface area contributed by atoms with Crippen LogP contribution in [0.1, 0.15) is 32.9 Å². The lowest BCUT2D eigenvalue weighted by molar-refractivity contribution is 0.106. The number of amidine groups is 1. The lowest BCUT2D eigenvalue weighted by Gasteiger charge is -2.32. The molecule has 0 radical (unpaired) electrons. The number of carbonyl (C=O) groups is 1. The summed E-state index contributed by atoms with van der Waals surface area (Å²) >= 11 is 0. The molecule has 1 aliphatic rings. The van der Waals surface area contributed by atoms with E-state index in [9.17, 15) is 9.90 Å². The molecule has 9 nitrogen and oxygen atoms in total. The maximum Gasteiger partial charge on any atom is 0.407 e. The summed E-state index contributed by atoms with van der Waals surface area (Å²) in [4.78, 5) is 17.9. The number of rotatable bonds is 4. The number of methoxy groups -OCH3 is 1. The Morgan fingerprint density at radius 3 is 2.69 bits per heavy atom. The van der Waals surface area contributed by atoms with E-state index in [1.807, 2.05) is 39.0 Å². The number of aromatic nitrogens is 1. The van der Waals surface area contributed by atoms with Gasteiger partial charge in [-0.2, -0.15) is 5.10 Å². The van der Waals surface area contributed by atoms with Crippen molar-refractivity contribution >= 4 is 28.5 Å². The van der Waals surface area contributed by atoms with E-state index < -0.39 is 6.09 Å². The Balaban J connectivity index is 2.04. The highest BCUT2D eigenvalue weighted by atomic mass is 16.5. The van der Waals surface area contributed by atoms with E-state index in [2.05, 4.69) is 15.4 Å². The average Bonchev–Trinajstić information content (AvgIpc) is 3.11. The summed E-state index contributed by atoms with van der Waals surface area (Å²) in [7, 11) is 1.60. The summed E-state index contributed by atoms with van der Waals surface area (Å²) in [6, 6.07) is 7.23. The zero-order valence-electron chi connectivity index (χ0n) is 17.1. The molecule has 1 saturated heterocycles. The number of anilines is 1. The van der Waals surface area contributed by atoms with Crippen LogP contribution < -0.4 is 21.6 Å². The first kappa shape index (κ1) is 20.5. The number of nitrogens with two attached hydrogens (primary N) is 2. The van der Waals surface area contributed by atoms with Gasteiger partial charge >= 0.3 is 6.09 Å². The molecule has 3 rings (SSSR count). The molecule has 0 spiro atoms. The molecule has 9 heteroatoms. The number of nitrogens with one attached hydrogen (secondary N) is 1. The molecule has 0 bridgehead atoms. The predicted octanol–water partition coefficient (Wildman–Crippen LogP) is 2.40. The van der Waals surface area contributed by atoms with Gasteiger partial charge < -0.3 is 31.6 Å². The average molecular weight is 400 g/mol. The zero-order valence-corrected chi connectivity index (χ0v) is 17.1. The highest BCUT2D eigenvalue weighted by Gasteiger charge is 2.42. The fourth-order valence-electron chi connectivity index (χ4n) is 3.92. The van der Waals surface area contributed by atoms with Crippen LogP contribution in [0.2, 0.25) is 0 Å². The fraction of sp³-hybridized carbons (Fsp3) is 0.450. The van der Waals surface area contributed by atoms with E-state index in [1.54, 1.807) is 13.2 Å². The molecule has 1 amide bonds. The number of hydrazone groups is 1. The van der Waals surface area contributed by atoms with Crippen molar-refractivity contribution in [2.24, 2.45) is 22.1 Å². The Kier molecular flexibility index (Phi) is 5.41. The second-order valence-corrected chi connectivity index (χ2v) is 8.32. The van der Waals surface area contributed by atoms with E-state index >= 15 is 0 Å². The van der Waals surface area contributed by atoms with Crippen LogP contribution in [0.5, 0.6) is 5.75 Å². The number of benzene rings is 1. The van der Waals surface area contributed by atoms with Gasteiger partial charge in [-0.3, -0.25) is 0 Å². The minimum atomic E-state index is -0.919. The highest BCUT2D eigenvalue weighted by molar-refractivity contribution is 6.04. The molecule has 2 atom stereocenters. The Bertz CT molecular complexity index is 953. The lowest BCUT2D eigenvalue weighted by Crippen LogP contribution is -2.42. The minimum absolute atomic E-state index is 0.107. The Hall–Kier alpha value is -3.23. The van der Waals surface area contributed by atoms with Crippen LogP contribution in [-0.4, -0.2) is 52.7 Å². The molecule has 1 aliphatic heterocycles. The molecule has 2 heterocycles. The van der Waals surface area contributed by atoms with E-state index in [0.717, 1.165) is 10.8 Å². The SMILES string of the molecule is COc1cccc2cc(C(N)=NN)nc(NC3CC(C(C)(C)C)N(C(=O)O)C3)c12. The van der Waals surface area contributed by atoms with Crippen molar-refractivity contribution in [3.8, 4) is 5.75 Å². The Labute approximate surface area is 169 Å². The van der Waals surface area contributed by atoms with Gasteiger partial charge in [-0.05, 0) is 29.4 Å². The van der Waals surface area contributed by atoms with Crippen LogP contribution in [0.25, 0.3) is 10.8 Å². The van der Waals surface area contributed by atoms with Gasteiger partial charge in [0.1, 0.15) is 17.3 Å². The van der Waals surface area contributed by atoms with Gasteiger partial charge in [0.15, 0.2) is 5.84 Å². The number of carboxylic acid groups (broad SMARTS) is 1. The number of amides is 1. The molecule has 2 aromatic rings. The number of ether oxygens (including phenoxy) is 1. The van der Waals surface area contributed by atoms with Crippen molar-refractivity contribution in [1.82, 2.24) is 9.88 Å². The molecule has 1 aromatic carbocycles. The lowest BCUT2D eigenvalue weighted by atomic mass is 9.85. The molecular weight excluding hydrogens is 372 g/mol. The standard InChI is InChI=1S/C20H28N6O3/c1-20(2,3)15-9-12(10-26(15)19(27)28)23-18-16-11(6-5-7-14(16)29-4)8-13(24-18)17(21)25-22/h5-8,12,15H,9-10,22H2,1-4H3,(H2,21,25)(H,23,24)(H,27,28). The monoisotopic (exact) mass is 400 g/mol. The van der Waals surface area contributed by atoms with Gasteiger partial charge in [-0.1, -0.05) is 32.9 Å². The molecule has 1 fully saturated rings. The summed E-state index contributed by atoms with van der Waals surface area (Å²) in [5.74, 6) is 6.68. The quantitative estimate of drug-likeness (QED) is 0.267. The van der Waals surface area contributed by atoms with E-state index in [1.165, 1.54) is 4.90 Å². The minimum Gasteiger partial charge on any atom is -0.496 e. The maximum atomic E-state index is 11.8. The topological polar surface area (TPSA) is 139 Å². The third-order valence-electron chi connectivity index (χ3n) is 5.33. The van der Waals surface area contributed by atoms with Crippen molar-refractivity contribution in [2.45, 2.75) is 39.3 Å². The summed E-state index contributed by atoms with van der Waals surface area (Å²) in [6.07, 6.45) is -0.253. The second-order valence-electron chi connectivity index (χ2n) is 8.32. The predicted molar refractivity (Wildman–Crippen MR) is 113 cm³/mol. The van der Waals surface area contributed by atoms with Crippen molar-refractivity contribution in [3.05, 3.63) is 30.0 Å². The number of hydrogen-bond acceptors (Lipinski definition) is 6. The third kappa shape index (κ3) is 3.98. The summed E-state index contributed by atoms with van der Waals surface area (Å²) in [5.41, 5.74) is 6.15. The van der Waals surface area contributed by atoms with Gasteiger partial charge in [0.05, 0.1) is 12.5 Å². The number of hydrogen-bond donors (Lipinski definition) is 4. The Morgan fingerprint density at radius 2 is 2.14 bits per heavy atom. The maximum absolute atomic E-state index is 11.8. The summed E-state index contributed by atoms with van der Waals surface area (Å²) < 4.78 is 5.52. The third-order valence-corrected chi connectivity index (χ3v) is 5.33. The van der Waals surface area contributed by atoms with Crippen molar-refractivity contribution in [1.29, 1.82) is 0 Å². The second kappa shape index (κ2) is 7.65. The molecule has 1 aromatic heterocycles. The van der Waals surface area contributed by atoms with Crippen LogP contribution in [0.4, 0.5) is 10.6 Å². The van der Waals surface area contributed by atoms with Crippen LogP contribution >= 0.6 is 0 Å².